The van der Waals surface area contributed by atoms with E-state index in [1.165, 1.54) is 5.56 Å². The van der Waals surface area contributed by atoms with Crippen LogP contribution in [0.4, 0.5) is 0 Å². The van der Waals surface area contributed by atoms with Crippen molar-refractivity contribution in [2.45, 2.75) is 26.2 Å². The average molecular weight is 181 g/mol. The molecule has 0 aliphatic carbocycles. The van der Waals surface area contributed by atoms with Gasteiger partial charge in [0, 0.05) is 12.4 Å². The molecule has 1 heterocycles. The SMILES string of the molecule is C[Si](C)(C)OCc1ccncc1. The van der Waals surface area contributed by atoms with Crippen LogP contribution >= 0.6 is 0 Å². The monoisotopic (exact) mass is 181 g/mol. The van der Waals surface area contributed by atoms with E-state index in [-0.39, 0.29) is 0 Å². The molecule has 1 aromatic heterocycles. The Balaban J connectivity index is 2.44. The molecule has 0 amide bonds. The average Bonchev–Trinajstić information content (AvgIpc) is 2.02. The van der Waals surface area contributed by atoms with E-state index in [2.05, 4.69) is 24.6 Å². The Bertz CT molecular complexity index is 230. The third-order valence-corrected chi connectivity index (χ3v) is 2.43. The van der Waals surface area contributed by atoms with Gasteiger partial charge in [0.05, 0.1) is 6.61 Å². The molecular formula is C9H15NOSi. The summed E-state index contributed by atoms with van der Waals surface area (Å²) in [6.07, 6.45) is 3.59. The molecule has 0 fully saturated rings. The van der Waals surface area contributed by atoms with E-state index in [9.17, 15) is 0 Å². The topological polar surface area (TPSA) is 22.1 Å². The van der Waals surface area contributed by atoms with Crippen LogP contribution in [0.3, 0.4) is 0 Å². The summed E-state index contributed by atoms with van der Waals surface area (Å²) in [5.74, 6) is 0. The van der Waals surface area contributed by atoms with Crippen molar-refractivity contribution in [2.75, 3.05) is 0 Å². The number of pyridine rings is 1. The molecule has 0 bridgehead atoms. The molecule has 0 aromatic carbocycles. The molecule has 2 nitrogen and oxygen atoms in total. The highest BCUT2D eigenvalue weighted by Crippen LogP contribution is 2.07. The van der Waals surface area contributed by atoms with Gasteiger partial charge in [0.2, 0.25) is 0 Å². The van der Waals surface area contributed by atoms with Crippen LogP contribution in [-0.2, 0) is 11.0 Å². The molecule has 0 saturated heterocycles. The van der Waals surface area contributed by atoms with Gasteiger partial charge in [0.1, 0.15) is 0 Å². The molecule has 12 heavy (non-hydrogen) atoms. The number of hydrogen-bond donors (Lipinski definition) is 0. The Morgan fingerprint density at radius 2 is 1.83 bits per heavy atom. The first-order valence-corrected chi connectivity index (χ1v) is 7.52. The van der Waals surface area contributed by atoms with Crippen molar-refractivity contribution in [3.05, 3.63) is 30.1 Å². The molecule has 1 rings (SSSR count). The minimum Gasteiger partial charge on any atom is -0.413 e. The lowest BCUT2D eigenvalue weighted by atomic mass is 10.3. The Labute approximate surface area is 74.7 Å². The fourth-order valence-corrected chi connectivity index (χ4v) is 1.38. The molecule has 0 radical (unpaired) electrons. The van der Waals surface area contributed by atoms with Gasteiger partial charge < -0.3 is 4.43 Å². The maximum atomic E-state index is 5.73. The van der Waals surface area contributed by atoms with Gasteiger partial charge in [-0.2, -0.15) is 0 Å². The van der Waals surface area contributed by atoms with E-state index in [0.29, 0.717) is 0 Å². The zero-order valence-corrected chi connectivity index (χ0v) is 8.87. The van der Waals surface area contributed by atoms with Gasteiger partial charge in [-0.25, -0.2) is 0 Å². The Morgan fingerprint density at radius 3 is 2.33 bits per heavy atom. The molecule has 0 saturated carbocycles. The predicted octanol–water partition coefficient (Wildman–Crippen LogP) is 2.43. The lowest BCUT2D eigenvalue weighted by Gasteiger charge is -2.16. The number of hydrogen-bond acceptors (Lipinski definition) is 2. The number of nitrogens with zero attached hydrogens (tertiary/aromatic N) is 1. The zero-order valence-electron chi connectivity index (χ0n) is 7.87. The van der Waals surface area contributed by atoms with Crippen molar-refractivity contribution in [3.63, 3.8) is 0 Å². The third kappa shape index (κ3) is 3.64. The minimum atomic E-state index is -1.36. The lowest BCUT2D eigenvalue weighted by Crippen LogP contribution is -2.24. The first kappa shape index (κ1) is 9.42. The fourth-order valence-electron chi connectivity index (χ4n) is 0.779. The van der Waals surface area contributed by atoms with E-state index < -0.39 is 8.32 Å². The molecule has 0 N–H and O–H groups in total. The summed E-state index contributed by atoms with van der Waals surface area (Å²) in [6, 6.07) is 3.97. The summed E-state index contributed by atoms with van der Waals surface area (Å²) in [5, 5.41) is 0. The van der Waals surface area contributed by atoms with Crippen molar-refractivity contribution in [2.24, 2.45) is 0 Å². The lowest BCUT2D eigenvalue weighted by molar-refractivity contribution is 0.299. The van der Waals surface area contributed by atoms with Crippen LogP contribution in [0.5, 0.6) is 0 Å². The van der Waals surface area contributed by atoms with E-state index in [0.717, 1.165) is 6.61 Å². The van der Waals surface area contributed by atoms with Crippen LogP contribution in [0.1, 0.15) is 5.56 Å². The largest absolute Gasteiger partial charge is 0.413 e. The Hall–Kier alpha value is -0.673. The van der Waals surface area contributed by atoms with Crippen LogP contribution < -0.4 is 0 Å². The van der Waals surface area contributed by atoms with Gasteiger partial charge >= 0.3 is 0 Å². The smallest absolute Gasteiger partial charge is 0.184 e. The highest BCUT2D eigenvalue weighted by molar-refractivity contribution is 6.69. The van der Waals surface area contributed by atoms with Crippen molar-refractivity contribution >= 4 is 8.32 Å². The molecule has 0 aliphatic heterocycles. The summed E-state index contributed by atoms with van der Waals surface area (Å²) in [4.78, 5) is 3.95. The first-order chi connectivity index (χ1) is 5.58. The van der Waals surface area contributed by atoms with Crippen LogP contribution in [0.15, 0.2) is 24.5 Å². The normalized spacial score (nSPS) is 11.6. The van der Waals surface area contributed by atoms with E-state index in [1.807, 2.05) is 12.1 Å². The standard InChI is InChI=1S/C9H15NOSi/c1-12(2,3)11-8-9-4-6-10-7-5-9/h4-7H,8H2,1-3H3. The van der Waals surface area contributed by atoms with Crippen molar-refractivity contribution in [3.8, 4) is 0 Å². The van der Waals surface area contributed by atoms with Crippen molar-refractivity contribution in [1.29, 1.82) is 0 Å². The van der Waals surface area contributed by atoms with Gasteiger partial charge in [0.15, 0.2) is 8.32 Å². The third-order valence-electron chi connectivity index (χ3n) is 1.42. The molecule has 0 atom stereocenters. The quantitative estimate of drug-likeness (QED) is 0.668. The molecule has 66 valence electrons. The fraction of sp³-hybridized carbons (Fsp3) is 0.444. The second kappa shape index (κ2) is 3.82. The highest BCUT2D eigenvalue weighted by Gasteiger charge is 2.13. The van der Waals surface area contributed by atoms with Gasteiger partial charge in [-0.1, -0.05) is 0 Å². The Kier molecular flexibility index (Phi) is 3.00. The maximum absolute atomic E-state index is 5.73. The van der Waals surface area contributed by atoms with Crippen molar-refractivity contribution in [1.82, 2.24) is 4.98 Å². The molecule has 0 unspecified atom stereocenters. The van der Waals surface area contributed by atoms with E-state index in [4.69, 9.17) is 4.43 Å². The Morgan fingerprint density at radius 1 is 1.25 bits per heavy atom. The first-order valence-electron chi connectivity index (χ1n) is 4.11. The summed E-state index contributed by atoms with van der Waals surface area (Å²) in [5.41, 5.74) is 1.20. The minimum absolute atomic E-state index is 0.720. The summed E-state index contributed by atoms with van der Waals surface area (Å²) >= 11 is 0. The van der Waals surface area contributed by atoms with E-state index in [1.54, 1.807) is 12.4 Å². The predicted molar refractivity (Wildman–Crippen MR) is 52.4 cm³/mol. The van der Waals surface area contributed by atoms with Gasteiger partial charge in [-0.15, -0.1) is 0 Å². The summed E-state index contributed by atoms with van der Waals surface area (Å²) in [6.45, 7) is 7.29. The van der Waals surface area contributed by atoms with Crippen LogP contribution in [0.2, 0.25) is 19.6 Å². The van der Waals surface area contributed by atoms with Crippen LogP contribution in [0, 0.1) is 0 Å². The van der Waals surface area contributed by atoms with Gasteiger partial charge in [-0.05, 0) is 37.3 Å². The summed E-state index contributed by atoms with van der Waals surface area (Å²) in [7, 11) is -1.36. The molecular weight excluding hydrogens is 166 g/mol. The number of aromatic nitrogens is 1. The molecule has 1 aromatic rings. The second-order valence-electron chi connectivity index (χ2n) is 3.76. The maximum Gasteiger partial charge on any atom is 0.184 e. The van der Waals surface area contributed by atoms with Gasteiger partial charge in [-0.3, -0.25) is 4.98 Å². The van der Waals surface area contributed by atoms with Crippen LogP contribution in [0.25, 0.3) is 0 Å². The molecule has 3 heteroatoms. The molecule has 0 aliphatic rings. The van der Waals surface area contributed by atoms with Crippen molar-refractivity contribution < 1.29 is 4.43 Å². The molecule has 0 spiro atoms. The zero-order chi connectivity index (χ0) is 9.03. The second-order valence-corrected chi connectivity index (χ2v) is 8.27. The number of rotatable bonds is 3. The highest BCUT2D eigenvalue weighted by atomic mass is 28.4. The van der Waals surface area contributed by atoms with E-state index >= 15 is 0 Å². The van der Waals surface area contributed by atoms with Crippen LogP contribution in [-0.4, -0.2) is 13.3 Å². The van der Waals surface area contributed by atoms with Gasteiger partial charge in [0.25, 0.3) is 0 Å². The summed E-state index contributed by atoms with van der Waals surface area (Å²) < 4.78 is 5.73.